The van der Waals surface area contributed by atoms with Crippen LogP contribution in [0.1, 0.15) is 22.3 Å². The van der Waals surface area contributed by atoms with Crippen LogP contribution in [0.3, 0.4) is 0 Å². The largest absolute Gasteiger partial charge is 0.309 e. The summed E-state index contributed by atoms with van der Waals surface area (Å²) in [4.78, 5) is 0. The van der Waals surface area contributed by atoms with Crippen molar-refractivity contribution >= 4 is 43.4 Å². The molecule has 0 aliphatic heterocycles. The molecule has 1 aliphatic carbocycles. The average molecular weight is 736 g/mol. The maximum absolute atomic E-state index is 2.42. The van der Waals surface area contributed by atoms with Crippen LogP contribution in [0.15, 0.2) is 224 Å². The molecule has 270 valence electrons. The van der Waals surface area contributed by atoms with Crippen LogP contribution >= 0.6 is 0 Å². The maximum atomic E-state index is 2.42. The molecule has 1 aromatic heterocycles. The molecule has 0 spiro atoms. The van der Waals surface area contributed by atoms with Gasteiger partial charge in [-0.25, -0.2) is 0 Å². The van der Waals surface area contributed by atoms with Gasteiger partial charge in [0.15, 0.2) is 0 Å². The topological polar surface area (TPSA) is 4.93 Å². The summed E-state index contributed by atoms with van der Waals surface area (Å²) in [6, 6.07) is 83.1. The van der Waals surface area contributed by atoms with Crippen LogP contribution in [0, 0.1) is 0 Å². The smallest absolute Gasteiger partial charge is 0.0719 e. The van der Waals surface area contributed by atoms with E-state index in [0.29, 0.717) is 0 Å². The summed E-state index contributed by atoms with van der Waals surface area (Å²) in [7, 11) is 0. The first-order valence-corrected chi connectivity index (χ1v) is 20.2. The minimum absolute atomic E-state index is 0.482. The van der Waals surface area contributed by atoms with Crippen molar-refractivity contribution in [3.8, 4) is 39.1 Å². The number of aromatic nitrogens is 1. The maximum Gasteiger partial charge on any atom is 0.0719 e. The lowest BCUT2D eigenvalue weighted by molar-refractivity contribution is 0.775. The van der Waals surface area contributed by atoms with Crippen molar-refractivity contribution in [2.75, 3.05) is 0 Å². The number of nitrogens with zero attached hydrogens (tertiary/aromatic N) is 1. The molecule has 10 aromatic carbocycles. The fraction of sp³-hybridized carbons (Fsp3) is 0.0175. The Kier molecular flexibility index (Phi) is 7.21. The Labute approximate surface area is 337 Å². The lowest BCUT2D eigenvalue weighted by Crippen LogP contribution is -2.28. The Morgan fingerprint density at radius 3 is 1.64 bits per heavy atom. The number of fused-ring (bicyclic) bond motifs is 9. The van der Waals surface area contributed by atoms with Crippen LogP contribution in [-0.4, -0.2) is 4.57 Å². The van der Waals surface area contributed by atoms with Gasteiger partial charge in [0.1, 0.15) is 0 Å². The fourth-order valence-electron chi connectivity index (χ4n) is 10.2. The molecule has 58 heavy (non-hydrogen) atoms. The van der Waals surface area contributed by atoms with Gasteiger partial charge in [0.2, 0.25) is 0 Å². The van der Waals surface area contributed by atoms with Gasteiger partial charge >= 0.3 is 0 Å². The molecule has 1 nitrogen and oxygen atoms in total. The molecule has 0 saturated heterocycles. The first-order valence-electron chi connectivity index (χ1n) is 20.2. The molecule has 11 aromatic rings. The van der Waals surface area contributed by atoms with Gasteiger partial charge in [-0.15, -0.1) is 0 Å². The van der Waals surface area contributed by atoms with Gasteiger partial charge in [-0.2, -0.15) is 0 Å². The van der Waals surface area contributed by atoms with Crippen molar-refractivity contribution in [1.29, 1.82) is 0 Å². The predicted octanol–water partition coefficient (Wildman–Crippen LogP) is 14.8. The van der Waals surface area contributed by atoms with E-state index in [9.17, 15) is 0 Å². The fourth-order valence-corrected chi connectivity index (χ4v) is 10.2. The number of benzene rings is 10. The van der Waals surface area contributed by atoms with Gasteiger partial charge in [-0.3, -0.25) is 0 Å². The van der Waals surface area contributed by atoms with E-state index in [2.05, 4.69) is 229 Å². The molecule has 1 heteroatoms. The van der Waals surface area contributed by atoms with Crippen LogP contribution in [0.4, 0.5) is 0 Å². The Morgan fingerprint density at radius 2 is 0.879 bits per heavy atom. The van der Waals surface area contributed by atoms with E-state index in [1.54, 1.807) is 0 Å². The molecular weight excluding hydrogens is 699 g/mol. The summed E-state index contributed by atoms with van der Waals surface area (Å²) >= 11 is 0. The van der Waals surface area contributed by atoms with Crippen LogP contribution in [0.5, 0.6) is 0 Å². The number of rotatable bonds is 5. The van der Waals surface area contributed by atoms with Crippen LogP contribution in [0.25, 0.3) is 82.4 Å². The summed E-state index contributed by atoms with van der Waals surface area (Å²) in [6.45, 7) is 0. The van der Waals surface area contributed by atoms with Crippen molar-refractivity contribution in [3.63, 3.8) is 0 Å². The molecule has 0 bridgehead atoms. The third kappa shape index (κ3) is 4.71. The molecular formula is C57H37N. The third-order valence-corrected chi connectivity index (χ3v) is 12.6. The van der Waals surface area contributed by atoms with Crippen molar-refractivity contribution < 1.29 is 0 Å². The Hall–Kier alpha value is -7.48. The van der Waals surface area contributed by atoms with Gasteiger partial charge < -0.3 is 4.57 Å². The van der Waals surface area contributed by atoms with E-state index in [1.165, 1.54) is 105 Å². The van der Waals surface area contributed by atoms with E-state index < -0.39 is 5.41 Å². The monoisotopic (exact) mass is 735 g/mol. The quantitative estimate of drug-likeness (QED) is 0.166. The Morgan fingerprint density at radius 1 is 0.328 bits per heavy atom. The second-order valence-electron chi connectivity index (χ2n) is 15.6. The summed E-state index contributed by atoms with van der Waals surface area (Å²) < 4.78 is 2.38. The van der Waals surface area contributed by atoms with Crippen molar-refractivity contribution in [2.24, 2.45) is 0 Å². The first kappa shape index (κ1) is 32.7. The zero-order chi connectivity index (χ0) is 38.2. The lowest BCUT2D eigenvalue weighted by atomic mass is 9.66. The van der Waals surface area contributed by atoms with E-state index in [0.717, 1.165) is 0 Å². The average Bonchev–Trinajstić information content (AvgIpc) is 3.80. The highest BCUT2D eigenvalue weighted by Crippen LogP contribution is 2.60. The summed E-state index contributed by atoms with van der Waals surface area (Å²) in [5, 5.41) is 7.53. The van der Waals surface area contributed by atoms with Gasteiger partial charge in [-0.1, -0.05) is 176 Å². The molecule has 1 aliphatic rings. The van der Waals surface area contributed by atoms with Gasteiger partial charge in [-0.05, 0) is 126 Å². The van der Waals surface area contributed by atoms with Crippen LogP contribution in [-0.2, 0) is 5.41 Å². The highest BCUT2D eigenvalue weighted by Gasteiger charge is 2.48. The van der Waals surface area contributed by atoms with E-state index >= 15 is 0 Å². The minimum Gasteiger partial charge on any atom is -0.309 e. The highest BCUT2D eigenvalue weighted by atomic mass is 15.0. The molecule has 0 amide bonds. The van der Waals surface area contributed by atoms with E-state index in [4.69, 9.17) is 0 Å². The van der Waals surface area contributed by atoms with E-state index in [1.807, 2.05) is 0 Å². The normalized spacial score (nSPS) is 13.0. The molecule has 0 saturated carbocycles. The standard InChI is InChI=1S/C57H37N/c1-4-17-44(18-5-1)57(45-19-6-2-7-20-45)52-26-14-12-25-49(52)55-50(37-42-16-10-11-23-47(42)56(55)57)43-31-30-38-34-39(28-29-40(38)35-43)41-32-33-54-51(36-41)48-24-13-15-27-53(48)58(54)46-21-8-3-9-22-46/h1-37H. The first-order chi connectivity index (χ1) is 28.8. The molecule has 0 radical (unpaired) electrons. The third-order valence-electron chi connectivity index (χ3n) is 12.6. The Bertz CT molecular complexity index is 3330. The molecule has 0 fully saturated rings. The van der Waals surface area contributed by atoms with Crippen LogP contribution in [0.2, 0.25) is 0 Å². The van der Waals surface area contributed by atoms with Crippen molar-refractivity contribution in [1.82, 2.24) is 4.57 Å². The lowest BCUT2D eigenvalue weighted by Gasteiger charge is -2.35. The number of hydrogen-bond donors (Lipinski definition) is 0. The second kappa shape index (κ2) is 12.8. The van der Waals surface area contributed by atoms with Crippen molar-refractivity contribution in [2.45, 2.75) is 5.41 Å². The zero-order valence-electron chi connectivity index (χ0n) is 31.8. The second-order valence-corrected chi connectivity index (χ2v) is 15.6. The Balaban J connectivity index is 1.04. The SMILES string of the molecule is c1ccc(-n2c3ccccc3c3cc(-c4ccc5cc(-c6cc7ccccc7c7c6-c6ccccc6C7(c6ccccc6)c6ccccc6)ccc5c4)ccc32)cc1. The predicted molar refractivity (Wildman–Crippen MR) is 244 cm³/mol. The summed E-state index contributed by atoms with van der Waals surface area (Å²) in [5.74, 6) is 0. The zero-order valence-corrected chi connectivity index (χ0v) is 31.8. The molecule has 0 atom stereocenters. The summed E-state index contributed by atoms with van der Waals surface area (Å²) in [5.41, 5.74) is 15.9. The molecule has 0 N–H and O–H groups in total. The number of para-hydroxylation sites is 2. The van der Waals surface area contributed by atoms with E-state index in [-0.39, 0.29) is 0 Å². The molecule has 12 rings (SSSR count). The molecule has 1 heterocycles. The van der Waals surface area contributed by atoms with Crippen molar-refractivity contribution in [3.05, 3.63) is 247 Å². The highest BCUT2D eigenvalue weighted by molar-refractivity contribution is 6.11. The molecule has 0 unspecified atom stereocenters. The van der Waals surface area contributed by atoms with Gasteiger partial charge in [0, 0.05) is 16.5 Å². The van der Waals surface area contributed by atoms with Gasteiger partial charge in [0.05, 0.1) is 16.4 Å². The number of hydrogen-bond acceptors (Lipinski definition) is 0. The van der Waals surface area contributed by atoms with Gasteiger partial charge in [0.25, 0.3) is 0 Å². The summed E-state index contributed by atoms with van der Waals surface area (Å²) in [6.07, 6.45) is 0. The minimum atomic E-state index is -0.482. The van der Waals surface area contributed by atoms with Crippen LogP contribution < -0.4 is 0 Å².